The van der Waals surface area contributed by atoms with Crippen molar-refractivity contribution in [3.8, 4) is 0 Å². The molecule has 0 aromatic heterocycles. The number of carboxylic acid groups (broad SMARTS) is 2. The van der Waals surface area contributed by atoms with E-state index in [1.165, 1.54) is 142 Å². The summed E-state index contributed by atoms with van der Waals surface area (Å²) in [6.07, 6.45) is 12.3. The molecule has 16 nitrogen and oxygen atoms in total. The van der Waals surface area contributed by atoms with Crippen LogP contribution in [-0.2, 0) is 22.7 Å². The Hall–Kier alpha value is -2.32. The van der Waals surface area contributed by atoms with Crippen molar-refractivity contribution < 1.29 is 79.8 Å². The molecule has 0 saturated carbocycles. The Balaban J connectivity index is 0. The Morgan fingerprint density at radius 3 is 0.938 bits per heavy atom. The van der Waals surface area contributed by atoms with Crippen molar-refractivity contribution >= 4 is 11.9 Å². The van der Waals surface area contributed by atoms with Gasteiger partial charge in [-0.2, -0.15) is 0 Å². The van der Waals surface area contributed by atoms with E-state index in [1.54, 1.807) is 11.1 Å². The largest absolute Gasteiger partial charge is 0.547 e. The zero-order valence-electron chi connectivity index (χ0n) is 40.3. The van der Waals surface area contributed by atoms with Gasteiger partial charge >= 0.3 is 0 Å². The maximum absolute atomic E-state index is 9.98. The summed E-state index contributed by atoms with van der Waals surface area (Å²) in [5.41, 5.74) is 3.14. The van der Waals surface area contributed by atoms with Gasteiger partial charge in [-0.25, -0.2) is 0 Å². The zero-order valence-corrected chi connectivity index (χ0v) is 40.3. The Labute approximate surface area is 385 Å². The number of rotatable bonds is 36. The lowest BCUT2D eigenvalue weighted by Crippen LogP contribution is -2.52. The Morgan fingerprint density at radius 1 is 0.453 bits per heavy atom. The number of aliphatic hydroxyl groups is 10. The van der Waals surface area contributed by atoms with E-state index in [-0.39, 0.29) is 0 Å². The number of hydrogen-bond acceptors (Lipinski definition) is 14. The van der Waals surface area contributed by atoms with E-state index in [1.807, 2.05) is 0 Å². The molecule has 0 amide bonds. The number of quaternary nitrogens is 2. The quantitative estimate of drug-likeness (QED) is 0.0333. The summed E-state index contributed by atoms with van der Waals surface area (Å²) < 4.78 is 2.22. The Kier molecular flexibility index (Phi) is 37.6. The molecule has 378 valence electrons. The molecule has 1 rings (SSSR count). The summed E-state index contributed by atoms with van der Waals surface area (Å²) >= 11 is 0. The van der Waals surface area contributed by atoms with E-state index < -0.39 is 74.0 Å². The number of aliphatic carboxylic acids is 2. The molecule has 0 spiro atoms. The Morgan fingerprint density at radius 2 is 0.703 bits per heavy atom. The fourth-order valence-electron chi connectivity index (χ4n) is 7.32. The van der Waals surface area contributed by atoms with Crippen molar-refractivity contribution in [1.29, 1.82) is 0 Å². The molecule has 0 aliphatic rings. The molecule has 0 unspecified atom stereocenters. The van der Waals surface area contributed by atoms with Crippen LogP contribution >= 0.6 is 0 Å². The van der Waals surface area contributed by atoms with Crippen molar-refractivity contribution in [3.05, 3.63) is 35.4 Å². The van der Waals surface area contributed by atoms with Gasteiger partial charge in [0, 0.05) is 11.1 Å². The molecule has 0 radical (unpaired) electrons. The van der Waals surface area contributed by atoms with Crippen LogP contribution in [-0.4, -0.2) is 175 Å². The number of aliphatic hydroxyl groups excluding tert-OH is 10. The highest BCUT2D eigenvalue weighted by Gasteiger charge is 2.31. The molecule has 0 bridgehead atoms. The molecule has 0 saturated heterocycles. The van der Waals surface area contributed by atoms with Crippen LogP contribution < -0.4 is 10.2 Å². The van der Waals surface area contributed by atoms with Crippen LogP contribution in [0.15, 0.2) is 24.3 Å². The van der Waals surface area contributed by atoms with Gasteiger partial charge in [-0.15, -0.1) is 0 Å². The predicted molar refractivity (Wildman–Crippen MR) is 244 cm³/mol. The first-order valence-electron chi connectivity index (χ1n) is 23.9. The molecule has 1 aromatic carbocycles. The molecular weight excluding hydrogens is 829 g/mol. The molecule has 64 heavy (non-hydrogen) atoms. The van der Waals surface area contributed by atoms with Crippen molar-refractivity contribution in [1.82, 2.24) is 0 Å². The number of nitrogens with zero attached hydrogens (tertiary/aromatic N) is 2. The number of benzene rings is 1. The summed E-state index contributed by atoms with van der Waals surface area (Å²) in [5, 5.41) is 107. The lowest BCUT2D eigenvalue weighted by Gasteiger charge is -2.33. The first-order valence-corrected chi connectivity index (χ1v) is 23.9. The highest BCUT2D eigenvalue weighted by Crippen LogP contribution is 2.21. The molecule has 0 aliphatic heterocycles. The van der Waals surface area contributed by atoms with E-state index in [4.69, 9.17) is 51.1 Å². The topological polar surface area (TPSA) is 283 Å². The van der Waals surface area contributed by atoms with E-state index >= 15 is 0 Å². The molecule has 10 N–H and O–H groups in total. The van der Waals surface area contributed by atoms with Gasteiger partial charge in [0.2, 0.25) is 0 Å². The summed E-state index contributed by atoms with van der Waals surface area (Å²) in [6.45, 7) is 7.79. The predicted octanol–water partition coefficient (Wildman–Crippen LogP) is 1.03. The van der Waals surface area contributed by atoms with Gasteiger partial charge < -0.3 is 79.8 Å². The molecule has 0 fully saturated rings. The van der Waals surface area contributed by atoms with Crippen LogP contribution in [0, 0.1) is 0 Å². The first-order chi connectivity index (χ1) is 30.1. The second kappa shape index (κ2) is 37.7. The normalized spacial score (nSPS) is 15.6. The molecule has 1 aromatic rings. The third-order valence-corrected chi connectivity index (χ3v) is 11.5. The molecule has 0 heterocycles. The van der Waals surface area contributed by atoms with E-state index in [2.05, 4.69) is 66.3 Å². The van der Waals surface area contributed by atoms with Crippen LogP contribution in [0.2, 0.25) is 0 Å². The zero-order chi connectivity index (χ0) is 49.1. The van der Waals surface area contributed by atoms with E-state index in [9.17, 15) is 19.8 Å². The van der Waals surface area contributed by atoms with E-state index in [0.29, 0.717) is 0 Å². The van der Waals surface area contributed by atoms with Gasteiger partial charge in [-0.3, -0.25) is 0 Å². The van der Waals surface area contributed by atoms with Gasteiger partial charge in [0.05, 0.1) is 66.4 Å². The van der Waals surface area contributed by atoms with Crippen LogP contribution in [0.5, 0.6) is 0 Å². The average Bonchev–Trinajstić information content (AvgIpc) is 3.26. The van der Waals surface area contributed by atoms with Gasteiger partial charge in [-0.05, 0) is 25.7 Å². The number of unbranched alkanes of at least 4 members (excludes halogenated alkanes) is 18. The summed E-state index contributed by atoms with van der Waals surface area (Å²) in [4.78, 5) is 20.0. The lowest BCUT2D eigenvalue weighted by molar-refractivity contribution is -0.907. The first kappa shape index (κ1) is 63.8. The molecule has 8 atom stereocenters. The molecule has 16 heteroatoms. The van der Waals surface area contributed by atoms with Crippen LogP contribution in [0.3, 0.4) is 0 Å². The maximum Gasteiger partial charge on any atom is 0.122 e. The number of carboxylic acids is 2. The molecule has 0 aliphatic carbocycles. The van der Waals surface area contributed by atoms with Crippen LogP contribution in [0.1, 0.15) is 153 Å². The van der Waals surface area contributed by atoms with Crippen molar-refractivity contribution in [2.24, 2.45) is 0 Å². The van der Waals surface area contributed by atoms with Gasteiger partial charge in [0.1, 0.15) is 61.9 Å². The summed E-state index contributed by atoms with van der Waals surface area (Å²) in [7, 11) is 9.76. The van der Waals surface area contributed by atoms with Gasteiger partial charge in [0.25, 0.3) is 0 Å². The number of hydrogen-bond donors (Lipinski definition) is 10. The van der Waals surface area contributed by atoms with Crippen molar-refractivity contribution in [3.63, 3.8) is 0 Å². The minimum atomic E-state index is -2.31. The van der Waals surface area contributed by atoms with Crippen LogP contribution in [0.25, 0.3) is 0 Å². The maximum atomic E-state index is 9.98. The fourth-order valence-corrected chi connectivity index (χ4v) is 7.32. The fraction of sp³-hybridized carbons (Fsp3) is 0.833. The van der Waals surface area contributed by atoms with Crippen molar-refractivity contribution in [2.45, 2.75) is 204 Å². The third kappa shape index (κ3) is 31.6. The number of carbonyl (C=O) groups is 2. The van der Waals surface area contributed by atoms with Crippen molar-refractivity contribution in [2.75, 3.05) is 54.5 Å². The standard InChI is InChI=1S/C36H70N2.2C6H12O7/c1-7-9-11-13-15-17-19-21-23-27-31-37(3,4)33-35-29-25-26-30-36(35)34-38(5,6)32-28-24-22-20-18-16-14-12-10-8-2;2*7-1-2(8)3(9)4(10)5(11)6(12)13/h25-26,29-30H,7-24,27-28,31-34H2,1-6H3;2*2-5,7-11H,1H2,(H,12,13)/q+2;;/p-2/t;2*2-,3-,4+,5-/m.11/s1. The monoisotopic (exact) mass is 921 g/mol. The Bertz CT molecular complexity index is 1190. The highest BCUT2D eigenvalue weighted by atomic mass is 16.4. The minimum Gasteiger partial charge on any atom is -0.547 e. The number of carbonyl (C=O) groups excluding carboxylic acids is 2. The molecular formula is C48H92N2O14. The van der Waals surface area contributed by atoms with Gasteiger partial charge in [-0.1, -0.05) is 141 Å². The highest BCUT2D eigenvalue weighted by molar-refractivity contribution is 5.70. The SMILES string of the molecule is CCCCCCCCCCCC[N+](C)(C)Cc1ccccc1C[N+](C)(C)CCCCCCCCCCCC.O=C([O-])[C@H](O)[C@@H](O)[C@H](O)[C@H](O)CO.O=C([O-])[C@H](O)[C@@H](O)[C@H](O)[C@H](O)CO. The second-order valence-electron chi connectivity index (χ2n) is 18.8. The lowest BCUT2D eigenvalue weighted by atomic mass is 10.0. The van der Waals surface area contributed by atoms with E-state index in [0.717, 1.165) is 22.1 Å². The summed E-state index contributed by atoms with van der Waals surface area (Å²) in [6, 6.07) is 9.30. The smallest absolute Gasteiger partial charge is 0.122 e. The third-order valence-electron chi connectivity index (χ3n) is 11.5. The average molecular weight is 921 g/mol. The minimum absolute atomic E-state index is 0.863. The van der Waals surface area contributed by atoms with Crippen LogP contribution in [0.4, 0.5) is 0 Å². The second-order valence-corrected chi connectivity index (χ2v) is 18.8. The van der Waals surface area contributed by atoms with Gasteiger partial charge in [0.15, 0.2) is 0 Å². The summed E-state index contributed by atoms with van der Waals surface area (Å²) in [5.74, 6) is -3.95.